The van der Waals surface area contributed by atoms with Crippen LogP contribution >= 0.6 is 12.4 Å². The summed E-state index contributed by atoms with van der Waals surface area (Å²) in [5.74, 6) is 5.36. The van der Waals surface area contributed by atoms with Crippen LogP contribution in [0.15, 0.2) is 0 Å². The fourth-order valence-corrected chi connectivity index (χ4v) is 2.50. The molecule has 1 unspecified atom stereocenters. The number of carbonyl (C=O) groups excluding carboxylic acids is 1. The van der Waals surface area contributed by atoms with E-state index < -0.39 is 12.1 Å². The Kier molecular flexibility index (Phi) is 11.4. The van der Waals surface area contributed by atoms with Gasteiger partial charge in [0, 0.05) is 0 Å². The Balaban J connectivity index is 0.00000400. The summed E-state index contributed by atoms with van der Waals surface area (Å²) in [7, 11) is 0. The molecule has 0 aliphatic heterocycles. The Morgan fingerprint density at radius 2 is 1.86 bits per heavy atom. The summed E-state index contributed by atoms with van der Waals surface area (Å²) in [6.07, 6.45) is 4.26. The number of nitrogens with zero attached hydrogens (tertiary/aromatic N) is 1. The minimum Gasteiger partial charge on any atom is -0.451 e. The van der Waals surface area contributed by atoms with E-state index in [1.54, 1.807) is 0 Å². The zero-order chi connectivity index (χ0) is 14.8. The number of aliphatic hydroxyl groups excluding tert-OH is 1. The summed E-state index contributed by atoms with van der Waals surface area (Å²) < 4.78 is 5.03. The van der Waals surface area contributed by atoms with Gasteiger partial charge in [0.05, 0.1) is 6.54 Å². The summed E-state index contributed by atoms with van der Waals surface area (Å²) >= 11 is 0. The van der Waals surface area contributed by atoms with E-state index in [9.17, 15) is 9.90 Å². The average molecular weight is 318 g/mol. The van der Waals surface area contributed by atoms with E-state index in [1.807, 2.05) is 0 Å². The van der Waals surface area contributed by atoms with Crippen molar-refractivity contribution in [1.29, 1.82) is 0 Å². The van der Waals surface area contributed by atoms with Gasteiger partial charge in [-0.05, 0) is 31.8 Å². The topological polar surface area (TPSA) is 49.8 Å². The Hall–Kier alpha value is -0.760. The predicted octanol–water partition coefficient (Wildman–Crippen LogP) is 2.24. The highest BCUT2D eigenvalue weighted by atomic mass is 35.5. The molecule has 0 bridgehead atoms. The number of halogens is 1. The lowest BCUT2D eigenvalue weighted by Crippen LogP contribution is -2.32. The molecular formula is C16H28ClNO3. The fraction of sp³-hybridized carbons (Fsp3) is 0.812. The second-order valence-corrected chi connectivity index (χ2v) is 5.27. The van der Waals surface area contributed by atoms with Gasteiger partial charge in [0.2, 0.25) is 0 Å². The number of rotatable bonds is 6. The minimum absolute atomic E-state index is 0. The van der Waals surface area contributed by atoms with Crippen LogP contribution in [0.2, 0.25) is 0 Å². The van der Waals surface area contributed by atoms with E-state index >= 15 is 0 Å². The van der Waals surface area contributed by atoms with Gasteiger partial charge in [0.25, 0.3) is 0 Å². The summed E-state index contributed by atoms with van der Waals surface area (Å²) in [6, 6.07) is 0. The molecule has 0 aromatic heterocycles. The van der Waals surface area contributed by atoms with Gasteiger partial charge in [-0.1, -0.05) is 45.0 Å². The summed E-state index contributed by atoms with van der Waals surface area (Å²) in [6.45, 7) is 6.87. The maximum absolute atomic E-state index is 11.7. The third kappa shape index (κ3) is 7.71. The Morgan fingerprint density at radius 3 is 2.43 bits per heavy atom. The van der Waals surface area contributed by atoms with E-state index in [2.05, 4.69) is 30.6 Å². The van der Waals surface area contributed by atoms with Gasteiger partial charge in [-0.15, -0.1) is 12.4 Å². The van der Waals surface area contributed by atoms with Crippen molar-refractivity contribution in [2.75, 3.05) is 26.2 Å². The fourth-order valence-electron chi connectivity index (χ4n) is 2.50. The maximum atomic E-state index is 11.7. The van der Waals surface area contributed by atoms with Crippen molar-refractivity contribution in [2.24, 2.45) is 5.92 Å². The number of carbonyl (C=O) groups is 1. The van der Waals surface area contributed by atoms with Crippen molar-refractivity contribution in [1.82, 2.24) is 4.90 Å². The normalized spacial score (nSPS) is 16.6. The Morgan fingerprint density at radius 1 is 1.24 bits per heavy atom. The number of hydrogen-bond donors (Lipinski definition) is 1. The van der Waals surface area contributed by atoms with Gasteiger partial charge in [0.1, 0.15) is 0 Å². The molecule has 0 radical (unpaired) electrons. The Bertz CT molecular complexity index is 341. The van der Waals surface area contributed by atoms with Crippen molar-refractivity contribution >= 4 is 18.4 Å². The first kappa shape index (κ1) is 20.2. The van der Waals surface area contributed by atoms with Crippen molar-refractivity contribution in [2.45, 2.75) is 52.1 Å². The van der Waals surface area contributed by atoms with E-state index in [1.165, 1.54) is 6.42 Å². The second-order valence-electron chi connectivity index (χ2n) is 5.27. The molecule has 1 fully saturated rings. The van der Waals surface area contributed by atoms with Gasteiger partial charge >= 0.3 is 5.97 Å². The smallest absolute Gasteiger partial charge is 0.336 e. The predicted molar refractivity (Wildman–Crippen MR) is 86.4 cm³/mol. The summed E-state index contributed by atoms with van der Waals surface area (Å²) in [4.78, 5) is 13.9. The first-order valence-electron chi connectivity index (χ1n) is 7.71. The van der Waals surface area contributed by atoms with Crippen molar-refractivity contribution in [3.8, 4) is 11.8 Å². The first-order valence-corrected chi connectivity index (χ1v) is 7.71. The van der Waals surface area contributed by atoms with Crippen LogP contribution in [0.5, 0.6) is 0 Å². The zero-order valence-corrected chi connectivity index (χ0v) is 14.0. The van der Waals surface area contributed by atoms with E-state index in [0.29, 0.717) is 6.54 Å². The maximum Gasteiger partial charge on any atom is 0.336 e. The average Bonchev–Trinajstić information content (AvgIpc) is 2.50. The van der Waals surface area contributed by atoms with Crippen LogP contribution in [0.25, 0.3) is 0 Å². The molecule has 0 heterocycles. The summed E-state index contributed by atoms with van der Waals surface area (Å²) in [5, 5.41) is 9.93. The van der Waals surface area contributed by atoms with Crippen LogP contribution in [0.3, 0.4) is 0 Å². The molecule has 1 N–H and O–H groups in total. The molecule has 4 nitrogen and oxygen atoms in total. The first-order chi connectivity index (χ1) is 9.69. The molecule has 1 saturated carbocycles. The molecule has 0 aromatic rings. The molecule has 1 aliphatic carbocycles. The number of aliphatic hydroxyl groups is 1. The molecule has 1 aliphatic rings. The lowest BCUT2D eigenvalue weighted by Gasteiger charge is -2.24. The molecule has 1 atom stereocenters. The van der Waals surface area contributed by atoms with E-state index in [-0.39, 0.29) is 24.9 Å². The van der Waals surface area contributed by atoms with Crippen molar-refractivity contribution in [3.63, 3.8) is 0 Å². The molecular weight excluding hydrogens is 290 g/mol. The van der Waals surface area contributed by atoms with Crippen molar-refractivity contribution < 1.29 is 14.6 Å². The Labute approximate surface area is 134 Å². The monoisotopic (exact) mass is 317 g/mol. The molecule has 0 amide bonds. The van der Waals surface area contributed by atoms with Crippen LogP contribution < -0.4 is 0 Å². The highest BCUT2D eigenvalue weighted by Crippen LogP contribution is 2.26. The molecule has 21 heavy (non-hydrogen) atoms. The largest absolute Gasteiger partial charge is 0.451 e. The molecule has 1 rings (SSSR count). The van der Waals surface area contributed by atoms with Crippen LogP contribution in [0, 0.1) is 17.8 Å². The number of hydrogen-bond acceptors (Lipinski definition) is 4. The lowest BCUT2D eigenvalue weighted by atomic mass is 9.85. The third-order valence-electron chi connectivity index (χ3n) is 3.95. The standard InChI is InChI=1S/C16H27NO3.ClH/c1-3-17(4-2)12-8-9-13-20-16(19)15(18)14-10-6-5-7-11-14;/h14-15,18H,3-7,10-13H2,1-2H3;1H. The van der Waals surface area contributed by atoms with Crippen LogP contribution in [-0.2, 0) is 9.53 Å². The third-order valence-corrected chi connectivity index (χ3v) is 3.95. The molecule has 0 aromatic carbocycles. The molecule has 5 heteroatoms. The minimum atomic E-state index is -0.972. The van der Waals surface area contributed by atoms with Gasteiger partial charge in [0.15, 0.2) is 12.7 Å². The van der Waals surface area contributed by atoms with Gasteiger partial charge in [-0.3, -0.25) is 4.90 Å². The second kappa shape index (κ2) is 11.9. The number of esters is 1. The van der Waals surface area contributed by atoms with E-state index in [0.717, 1.165) is 38.8 Å². The van der Waals surface area contributed by atoms with E-state index in [4.69, 9.17) is 4.74 Å². The van der Waals surface area contributed by atoms with Crippen LogP contribution in [0.4, 0.5) is 0 Å². The molecule has 0 saturated heterocycles. The summed E-state index contributed by atoms with van der Waals surface area (Å²) in [5.41, 5.74) is 0. The van der Waals surface area contributed by atoms with Gasteiger partial charge in [-0.2, -0.15) is 0 Å². The van der Waals surface area contributed by atoms with Crippen molar-refractivity contribution in [3.05, 3.63) is 0 Å². The highest BCUT2D eigenvalue weighted by molar-refractivity contribution is 5.85. The van der Waals surface area contributed by atoms with Gasteiger partial charge < -0.3 is 9.84 Å². The van der Waals surface area contributed by atoms with Gasteiger partial charge in [-0.25, -0.2) is 4.79 Å². The number of ether oxygens (including phenoxy) is 1. The van der Waals surface area contributed by atoms with Crippen LogP contribution in [0.1, 0.15) is 46.0 Å². The lowest BCUT2D eigenvalue weighted by molar-refractivity contribution is -0.155. The molecule has 122 valence electrons. The SMILES string of the molecule is CCN(CC)CC#CCOC(=O)C(O)C1CCCCC1.Cl. The zero-order valence-electron chi connectivity index (χ0n) is 13.1. The van der Waals surface area contributed by atoms with Crippen LogP contribution in [-0.4, -0.2) is 48.3 Å². The molecule has 0 spiro atoms. The quantitative estimate of drug-likeness (QED) is 0.603. The highest BCUT2D eigenvalue weighted by Gasteiger charge is 2.28.